The standard InChI is InChI=1S/C21H27N3O3S/c1-15-4-6-16(7-5-15)17-14-28-20(22-17)23-19(25)13-24-10-9-21(8-3-11-27-21)18(12-24)26-2/h4-7,14,18H,3,8-13H2,1-2H3,(H,22,23,25). The van der Waals surface area contributed by atoms with Crippen LogP contribution in [0.3, 0.4) is 0 Å². The third kappa shape index (κ3) is 4.12. The van der Waals surface area contributed by atoms with Crippen molar-refractivity contribution in [3.05, 3.63) is 35.2 Å². The molecule has 150 valence electrons. The SMILES string of the molecule is COC1CN(CC(=O)Nc2nc(-c3ccc(C)cc3)cs2)CCC12CCCO2. The number of hydrogen-bond donors (Lipinski definition) is 1. The molecule has 6 nitrogen and oxygen atoms in total. The average molecular weight is 402 g/mol. The monoisotopic (exact) mass is 401 g/mol. The summed E-state index contributed by atoms with van der Waals surface area (Å²) >= 11 is 1.45. The van der Waals surface area contributed by atoms with Crippen molar-refractivity contribution in [1.82, 2.24) is 9.88 Å². The van der Waals surface area contributed by atoms with E-state index in [1.54, 1.807) is 7.11 Å². The number of ether oxygens (including phenoxy) is 2. The summed E-state index contributed by atoms with van der Waals surface area (Å²) in [5.74, 6) is -0.0389. The van der Waals surface area contributed by atoms with Gasteiger partial charge in [0.1, 0.15) is 0 Å². The van der Waals surface area contributed by atoms with Gasteiger partial charge >= 0.3 is 0 Å². The lowest BCUT2D eigenvalue weighted by Gasteiger charge is -2.44. The average Bonchev–Trinajstić information content (AvgIpc) is 3.34. The molecule has 2 aromatic rings. The fraction of sp³-hybridized carbons (Fsp3) is 0.524. The third-order valence-corrected chi connectivity index (χ3v) is 6.50. The Hall–Kier alpha value is -1.80. The van der Waals surface area contributed by atoms with Crippen LogP contribution in [-0.2, 0) is 14.3 Å². The van der Waals surface area contributed by atoms with Crippen molar-refractivity contribution >= 4 is 22.4 Å². The normalized spacial score (nSPS) is 25.3. The Morgan fingerprint density at radius 3 is 2.93 bits per heavy atom. The van der Waals surface area contributed by atoms with E-state index in [0.717, 1.165) is 50.2 Å². The predicted octanol–water partition coefficient (Wildman–Crippen LogP) is 3.33. The number of aryl methyl sites for hydroxylation is 1. The molecule has 2 unspecified atom stereocenters. The van der Waals surface area contributed by atoms with Gasteiger partial charge < -0.3 is 14.8 Å². The number of hydrogen-bond acceptors (Lipinski definition) is 6. The van der Waals surface area contributed by atoms with E-state index in [-0.39, 0.29) is 17.6 Å². The number of anilines is 1. The summed E-state index contributed by atoms with van der Waals surface area (Å²) < 4.78 is 11.7. The van der Waals surface area contributed by atoms with E-state index in [9.17, 15) is 4.79 Å². The second-order valence-electron chi connectivity index (χ2n) is 7.68. The van der Waals surface area contributed by atoms with E-state index in [2.05, 4.69) is 46.4 Å². The fourth-order valence-corrected chi connectivity index (χ4v) is 4.89. The molecule has 3 heterocycles. The van der Waals surface area contributed by atoms with Crippen molar-refractivity contribution in [3.63, 3.8) is 0 Å². The van der Waals surface area contributed by atoms with Crippen LogP contribution < -0.4 is 5.32 Å². The molecule has 2 fully saturated rings. The molecule has 1 spiro atoms. The Kier molecular flexibility index (Phi) is 5.78. The zero-order valence-corrected chi connectivity index (χ0v) is 17.3. The number of rotatable bonds is 5. The van der Waals surface area contributed by atoms with Crippen molar-refractivity contribution in [2.45, 2.75) is 37.9 Å². The fourth-order valence-electron chi connectivity index (χ4n) is 4.15. The molecule has 2 aliphatic rings. The van der Waals surface area contributed by atoms with Gasteiger partial charge in [0, 0.05) is 37.7 Å². The first kappa shape index (κ1) is 19.5. The number of nitrogens with zero attached hydrogens (tertiary/aromatic N) is 2. The van der Waals surface area contributed by atoms with Gasteiger partial charge in [0.15, 0.2) is 5.13 Å². The highest BCUT2D eigenvalue weighted by Crippen LogP contribution is 2.37. The van der Waals surface area contributed by atoms with Gasteiger partial charge in [-0.05, 0) is 26.2 Å². The first-order valence-corrected chi connectivity index (χ1v) is 10.7. The summed E-state index contributed by atoms with van der Waals surface area (Å²) in [5.41, 5.74) is 3.01. The predicted molar refractivity (Wildman–Crippen MR) is 111 cm³/mol. The van der Waals surface area contributed by atoms with Crippen molar-refractivity contribution < 1.29 is 14.3 Å². The molecule has 2 atom stereocenters. The van der Waals surface area contributed by atoms with E-state index in [1.807, 2.05) is 5.38 Å². The molecule has 0 bridgehead atoms. The molecule has 1 amide bonds. The second-order valence-corrected chi connectivity index (χ2v) is 8.54. The minimum Gasteiger partial charge on any atom is -0.377 e. The smallest absolute Gasteiger partial charge is 0.240 e. The number of benzene rings is 1. The van der Waals surface area contributed by atoms with Crippen LogP contribution in [-0.4, -0.2) is 60.8 Å². The summed E-state index contributed by atoms with van der Waals surface area (Å²) in [7, 11) is 1.74. The van der Waals surface area contributed by atoms with Gasteiger partial charge in [-0.25, -0.2) is 4.98 Å². The van der Waals surface area contributed by atoms with E-state index < -0.39 is 0 Å². The van der Waals surface area contributed by atoms with E-state index >= 15 is 0 Å². The number of likely N-dealkylation sites (tertiary alicyclic amines) is 1. The minimum absolute atomic E-state index is 0.0181. The molecule has 4 rings (SSSR count). The Morgan fingerprint density at radius 2 is 2.21 bits per heavy atom. The molecule has 2 aliphatic heterocycles. The molecular formula is C21H27N3O3S. The summed E-state index contributed by atoms with van der Waals surface area (Å²) in [6.07, 6.45) is 3.07. The highest BCUT2D eigenvalue weighted by atomic mass is 32.1. The van der Waals surface area contributed by atoms with Crippen LogP contribution in [0.2, 0.25) is 0 Å². The van der Waals surface area contributed by atoms with Crippen molar-refractivity contribution in [2.75, 3.05) is 38.7 Å². The summed E-state index contributed by atoms with van der Waals surface area (Å²) in [6.45, 7) is 4.78. The van der Waals surface area contributed by atoms with Crippen LogP contribution in [0, 0.1) is 6.92 Å². The summed E-state index contributed by atoms with van der Waals surface area (Å²) in [4.78, 5) is 19.2. The van der Waals surface area contributed by atoms with Gasteiger partial charge in [-0.1, -0.05) is 29.8 Å². The Labute approximate surface area is 169 Å². The van der Waals surface area contributed by atoms with Crippen molar-refractivity contribution in [3.8, 4) is 11.3 Å². The molecule has 0 radical (unpaired) electrons. The van der Waals surface area contributed by atoms with E-state index in [4.69, 9.17) is 9.47 Å². The van der Waals surface area contributed by atoms with Crippen LogP contribution in [0.15, 0.2) is 29.6 Å². The number of methoxy groups -OCH3 is 1. The zero-order chi connectivity index (χ0) is 19.6. The first-order valence-electron chi connectivity index (χ1n) is 9.79. The number of thiazole rings is 1. The molecule has 2 saturated heterocycles. The van der Waals surface area contributed by atoms with E-state index in [0.29, 0.717) is 11.7 Å². The van der Waals surface area contributed by atoms with Crippen molar-refractivity contribution in [2.24, 2.45) is 0 Å². The Morgan fingerprint density at radius 1 is 1.39 bits per heavy atom. The van der Waals surface area contributed by atoms with Gasteiger partial charge in [0.2, 0.25) is 5.91 Å². The first-order chi connectivity index (χ1) is 13.6. The van der Waals surface area contributed by atoms with E-state index in [1.165, 1.54) is 16.9 Å². The molecule has 7 heteroatoms. The van der Waals surface area contributed by atoms with Crippen LogP contribution in [0.25, 0.3) is 11.3 Å². The molecule has 1 aromatic carbocycles. The second kappa shape index (κ2) is 8.29. The number of piperidine rings is 1. The van der Waals surface area contributed by atoms with Crippen LogP contribution >= 0.6 is 11.3 Å². The molecule has 1 aromatic heterocycles. The Balaban J connectivity index is 1.33. The number of aromatic nitrogens is 1. The molecule has 28 heavy (non-hydrogen) atoms. The number of carbonyl (C=O) groups is 1. The topological polar surface area (TPSA) is 63.7 Å². The largest absolute Gasteiger partial charge is 0.377 e. The highest BCUT2D eigenvalue weighted by Gasteiger charge is 2.46. The number of carbonyl (C=O) groups excluding carboxylic acids is 1. The maximum Gasteiger partial charge on any atom is 0.240 e. The van der Waals surface area contributed by atoms with Crippen LogP contribution in [0.4, 0.5) is 5.13 Å². The lowest BCUT2D eigenvalue weighted by Crippen LogP contribution is -2.57. The molecule has 0 saturated carbocycles. The van der Waals surface area contributed by atoms with Gasteiger partial charge in [-0.15, -0.1) is 11.3 Å². The molecule has 1 N–H and O–H groups in total. The van der Waals surface area contributed by atoms with Gasteiger partial charge in [0.25, 0.3) is 0 Å². The van der Waals surface area contributed by atoms with Gasteiger partial charge in [0.05, 0.1) is 23.9 Å². The minimum atomic E-state index is -0.153. The third-order valence-electron chi connectivity index (χ3n) is 5.75. The van der Waals surface area contributed by atoms with Crippen molar-refractivity contribution in [1.29, 1.82) is 0 Å². The zero-order valence-electron chi connectivity index (χ0n) is 16.4. The van der Waals surface area contributed by atoms with Gasteiger partial charge in [-0.2, -0.15) is 0 Å². The quantitative estimate of drug-likeness (QED) is 0.833. The van der Waals surface area contributed by atoms with Crippen LogP contribution in [0.5, 0.6) is 0 Å². The molecular weight excluding hydrogens is 374 g/mol. The van der Waals surface area contributed by atoms with Gasteiger partial charge in [-0.3, -0.25) is 9.69 Å². The maximum absolute atomic E-state index is 12.5. The highest BCUT2D eigenvalue weighted by molar-refractivity contribution is 7.14. The lowest BCUT2D eigenvalue weighted by atomic mass is 9.86. The number of amides is 1. The lowest BCUT2D eigenvalue weighted by molar-refractivity contribution is -0.145. The van der Waals surface area contributed by atoms with Crippen LogP contribution in [0.1, 0.15) is 24.8 Å². The molecule has 0 aliphatic carbocycles. The Bertz CT molecular complexity index is 815. The summed E-state index contributed by atoms with van der Waals surface area (Å²) in [6, 6.07) is 8.23. The summed E-state index contributed by atoms with van der Waals surface area (Å²) in [5, 5.41) is 5.55. The number of nitrogens with one attached hydrogen (secondary N) is 1. The maximum atomic E-state index is 12.5.